The zero-order valence-electron chi connectivity index (χ0n) is 17.3. The van der Waals surface area contributed by atoms with Crippen LogP contribution in [-0.4, -0.2) is 38.2 Å². The van der Waals surface area contributed by atoms with Crippen molar-refractivity contribution in [2.24, 2.45) is 0 Å². The number of fused-ring (bicyclic) bond motifs is 1. The molecule has 1 aliphatic carbocycles. The Kier molecular flexibility index (Phi) is 8.13. The summed E-state index contributed by atoms with van der Waals surface area (Å²) in [6.45, 7) is 2.79. The number of amides is 2. The molecule has 1 aliphatic rings. The second kappa shape index (κ2) is 10.8. The van der Waals surface area contributed by atoms with Crippen LogP contribution in [-0.2, 0) is 22.4 Å². The SMILES string of the molecule is COCCCNC(=O)c1c(NC(=O)C(C)Oc2cccc(Cl)c2)sc2c1CCCC2. The Bertz CT molecular complexity index is 899. The number of carbonyl (C=O) groups excluding carboxylic acids is 2. The van der Waals surface area contributed by atoms with Gasteiger partial charge in [0.2, 0.25) is 0 Å². The van der Waals surface area contributed by atoms with Crippen LogP contribution in [0.25, 0.3) is 0 Å². The lowest BCUT2D eigenvalue weighted by atomic mass is 9.95. The van der Waals surface area contributed by atoms with Crippen molar-refractivity contribution in [2.45, 2.75) is 45.1 Å². The average molecular weight is 451 g/mol. The van der Waals surface area contributed by atoms with Gasteiger partial charge >= 0.3 is 0 Å². The minimum Gasteiger partial charge on any atom is -0.481 e. The molecule has 0 aliphatic heterocycles. The van der Waals surface area contributed by atoms with Crippen LogP contribution in [0.4, 0.5) is 5.00 Å². The van der Waals surface area contributed by atoms with Gasteiger partial charge in [-0.15, -0.1) is 11.3 Å². The lowest BCUT2D eigenvalue weighted by Crippen LogP contribution is -2.31. The Morgan fingerprint density at radius 2 is 2.07 bits per heavy atom. The number of ether oxygens (including phenoxy) is 2. The number of hydrogen-bond acceptors (Lipinski definition) is 5. The van der Waals surface area contributed by atoms with E-state index in [0.717, 1.165) is 37.7 Å². The van der Waals surface area contributed by atoms with Gasteiger partial charge in [0.05, 0.1) is 5.56 Å². The van der Waals surface area contributed by atoms with Crippen LogP contribution in [0.2, 0.25) is 5.02 Å². The Balaban J connectivity index is 1.73. The van der Waals surface area contributed by atoms with E-state index in [1.807, 2.05) is 0 Å². The third-order valence-electron chi connectivity index (χ3n) is 4.92. The molecule has 1 heterocycles. The third-order valence-corrected chi connectivity index (χ3v) is 6.37. The number of methoxy groups -OCH3 is 1. The van der Waals surface area contributed by atoms with Crippen LogP contribution in [0.1, 0.15) is 47.0 Å². The summed E-state index contributed by atoms with van der Waals surface area (Å²) < 4.78 is 10.8. The number of nitrogens with one attached hydrogen (secondary N) is 2. The highest BCUT2D eigenvalue weighted by Gasteiger charge is 2.27. The molecule has 0 fully saturated rings. The highest BCUT2D eigenvalue weighted by molar-refractivity contribution is 7.17. The fraction of sp³-hybridized carbons (Fsp3) is 0.455. The standard InChI is InChI=1S/C22H27ClN2O4S/c1-14(29-16-8-5-7-15(23)13-16)20(26)25-22-19(21(27)24-11-6-12-28-2)17-9-3-4-10-18(17)30-22/h5,7-8,13-14H,3-4,6,9-12H2,1-2H3,(H,24,27)(H,25,26). The average Bonchev–Trinajstić information content (AvgIpc) is 3.09. The van der Waals surface area contributed by atoms with E-state index in [9.17, 15) is 9.59 Å². The Morgan fingerprint density at radius 3 is 2.83 bits per heavy atom. The van der Waals surface area contributed by atoms with Crippen molar-refractivity contribution in [2.75, 3.05) is 25.6 Å². The van der Waals surface area contributed by atoms with Crippen LogP contribution in [0, 0.1) is 0 Å². The quantitative estimate of drug-likeness (QED) is 0.553. The second-order valence-electron chi connectivity index (χ2n) is 7.22. The third kappa shape index (κ3) is 5.74. The predicted octanol–water partition coefficient (Wildman–Crippen LogP) is 4.45. The Morgan fingerprint density at radius 1 is 1.27 bits per heavy atom. The highest BCUT2D eigenvalue weighted by atomic mass is 35.5. The maximum absolute atomic E-state index is 12.9. The van der Waals surface area contributed by atoms with Crippen molar-refractivity contribution in [3.63, 3.8) is 0 Å². The van der Waals surface area contributed by atoms with Gasteiger partial charge in [-0.05, 0) is 62.8 Å². The molecular weight excluding hydrogens is 424 g/mol. The molecule has 162 valence electrons. The molecule has 1 aromatic heterocycles. The predicted molar refractivity (Wildman–Crippen MR) is 120 cm³/mol. The monoisotopic (exact) mass is 450 g/mol. The molecule has 2 N–H and O–H groups in total. The number of benzene rings is 1. The van der Waals surface area contributed by atoms with Gasteiger partial charge in [-0.2, -0.15) is 0 Å². The molecule has 2 aromatic rings. The number of thiophene rings is 1. The largest absolute Gasteiger partial charge is 0.481 e. The summed E-state index contributed by atoms with van der Waals surface area (Å²) in [6.07, 6.45) is 3.95. The van der Waals surface area contributed by atoms with Crippen molar-refractivity contribution < 1.29 is 19.1 Å². The van der Waals surface area contributed by atoms with E-state index in [0.29, 0.717) is 34.5 Å². The van der Waals surface area contributed by atoms with Crippen molar-refractivity contribution in [3.05, 3.63) is 45.3 Å². The zero-order chi connectivity index (χ0) is 21.5. The molecule has 0 saturated heterocycles. The molecule has 6 nitrogen and oxygen atoms in total. The summed E-state index contributed by atoms with van der Waals surface area (Å²) in [4.78, 5) is 26.9. The summed E-state index contributed by atoms with van der Waals surface area (Å²) in [5, 5.41) is 7.01. The summed E-state index contributed by atoms with van der Waals surface area (Å²) in [6, 6.07) is 6.92. The van der Waals surface area contributed by atoms with Crippen LogP contribution in [0.15, 0.2) is 24.3 Å². The molecule has 3 rings (SSSR count). The van der Waals surface area contributed by atoms with E-state index >= 15 is 0 Å². The number of hydrogen-bond donors (Lipinski definition) is 2. The Hall–Kier alpha value is -2.09. The van der Waals surface area contributed by atoms with Crippen LogP contribution >= 0.6 is 22.9 Å². The van der Waals surface area contributed by atoms with E-state index in [1.54, 1.807) is 38.3 Å². The van der Waals surface area contributed by atoms with Crippen LogP contribution in [0.3, 0.4) is 0 Å². The molecule has 0 radical (unpaired) electrons. The summed E-state index contributed by atoms with van der Waals surface area (Å²) in [7, 11) is 1.64. The summed E-state index contributed by atoms with van der Waals surface area (Å²) in [5.74, 6) is 0.0676. The van der Waals surface area contributed by atoms with Gasteiger partial charge in [0.25, 0.3) is 11.8 Å². The maximum Gasteiger partial charge on any atom is 0.265 e. The smallest absolute Gasteiger partial charge is 0.265 e. The molecular formula is C22H27ClN2O4S. The molecule has 1 unspecified atom stereocenters. The van der Waals surface area contributed by atoms with E-state index < -0.39 is 6.10 Å². The minimum absolute atomic E-state index is 0.149. The van der Waals surface area contributed by atoms with E-state index in [4.69, 9.17) is 21.1 Å². The maximum atomic E-state index is 12.9. The van der Waals surface area contributed by atoms with Crippen molar-refractivity contribution in [1.82, 2.24) is 5.32 Å². The number of aryl methyl sites for hydroxylation is 1. The van der Waals surface area contributed by atoms with E-state index in [-0.39, 0.29) is 11.8 Å². The molecule has 0 bridgehead atoms. The van der Waals surface area contributed by atoms with Crippen molar-refractivity contribution in [3.8, 4) is 5.75 Å². The molecule has 0 saturated carbocycles. The van der Waals surface area contributed by atoms with Gasteiger partial charge in [-0.1, -0.05) is 17.7 Å². The van der Waals surface area contributed by atoms with Crippen molar-refractivity contribution in [1.29, 1.82) is 0 Å². The number of halogens is 1. The van der Waals surface area contributed by atoms with E-state index in [2.05, 4.69) is 10.6 Å². The fourth-order valence-corrected chi connectivity index (χ4v) is 4.88. The first-order valence-electron chi connectivity index (χ1n) is 10.1. The number of carbonyl (C=O) groups is 2. The molecule has 30 heavy (non-hydrogen) atoms. The second-order valence-corrected chi connectivity index (χ2v) is 8.77. The summed E-state index contributed by atoms with van der Waals surface area (Å²) in [5.41, 5.74) is 1.66. The first-order valence-corrected chi connectivity index (χ1v) is 11.3. The van der Waals surface area contributed by atoms with Crippen molar-refractivity contribution >= 4 is 39.8 Å². The molecule has 1 aromatic carbocycles. The van der Waals surface area contributed by atoms with Gasteiger partial charge in [0.1, 0.15) is 10.8 Å². The van der Waals surface area contributed by atoms with Crippen LogP contribution in [0.5, 0.6) is 5.75 Å². The van der Waals surface area contributed by atoms with Gasteiger partial charge in [-0.3, -0.25) is 9.59 Å². The number of anilines is 1. The lowest BCUT2D eigenvalue weighted by Gasteiger charge is -2.16. The van der Waals surface area contributed by atoms with Gasteiger partial charge in [-0.25, -0.2) is 0 Å². The number of rotatable bonds is 9. The van der Waals surface area contributed by atoms with Gasteiger partial charge < -0.3 is 20.1 Å². The minimum atomic E-state index is -0.736. The first kappa shape index (κ1) is 22.6. The molecule has 8 heteroatoms. The van der Waals surface area contributed by atoms with Gasteiger partial charge in [0.15, 0.2) is 6.10 Å². The highest BCUT2D eigenvalue weighted by Crippen LogP contribution is 2.38. The molecule has 1 atom stereocenters. The van der Waals surface area contributed by atoms with Gasteiger partial charge in [0, 0.05) is 30.2 Å². The summed E-state index contributed by atoms with van der Waals surface area (Å²) >= 11 is 7.48. The normalized spacial score (nSPS) is 14.0. The molecule has 0 spiro atoms. The first-order chi connectivity index (χ1) is 14.5. The lowest BCUT2D eigenvalue weighted by molar-refractivity contribution is -0.122. The zero-order valence-corrected chi connectivity index (χ0v) is 18.8. The fourth-order valence-electron chi connectivity index (χ4n) is 3.41. The van der Waals surface area contributed by atoms with E-state index in [1.165, 1.54) is 16.2 Å². The molecule has 2 amide bonds. The Labute approximate surface area is 185 Å². The topological polar surface area (TPSA) is 76.7 Å². The van der Waals surface area contributed by atoms with Crippen LogP contribution < -0.4 is 15.4 Å².